The van der Waals surface area contributed by atoms with Crippen LogP contribution < -0.4 is 20.9 Å². The van der Waals surface area contributed by atoms with Gasteiger partial charge in [0.1, 0.15) is 5.75 Å². The van der Waals surface area contributed by atoms with Crippen molar-refractivity contribution in [1.82, 2.24) is 25.7 Å². The molecule has 0 spiro atoms. The molecule has 0 saturated carbocycles. The molecule has 2 aromatic heterocycles. The predicted molar refractivity (Wildman–Crippen MR) is 128 cm³/mol. The van der Waals surface area contributed by atoms with E-state index in [1.165, 1.54) is 0 Å². The molecule has 1 unspecified atom stereocenters. The maximum atomic E-state index is 12.3. The highest BCUT2D eigenvalue weighted by Crippen LogP contribution is 2.23. The third-order valence-electron chi connectivity index (χ3n) is 5.37. The molecule has 4 rings (SSSR count). The molecule has 176 valence electrons. The maximum Gasteiger partial charge on any atom is 0.272 e. The van der Waals surface area contributed by atoms with Crippen LogP contribution in [0.25, 0.3) is 22.2 Å². The molecule has 0 fully saturated rings. The first-order valence-corrected chi connectivity index (χ1v) is 11.0. The zero-order valence-electron chi connectivity index (χ0n) is 19.0. The molecule has 0 radical (unpaired) electrons. The van der Waals surface area contributed by atoms with Gasteiger partial charge >= 0.3 is 0 Å². The summed E-state index contributed by atoms with van der Waals surface area (Å²) in [6.45, 7) is 2.97. The molecule has 1 amide bonds. The highest BCUT2D eigenvalue weighted by Gasteiger charge is 2.18. The number of hydrogen-bond acceptors (Lipinski definition) is 8. The smallest absolute Gasteiger partial charge is 0.272 e. The maximum absolute atomic E-state index is 12.3. The highest BCUT2D eigenvalue weighted by molar-refractivity contribution is 5.90. The summed E-state index contributed by atoms with van der Waals surface area (Å²) >= 11 is 0. The number of hydrogen-bond donors (Lipinski definition) is 3. The van der Waals surface area contributed by atoms with Gasteiger partial charge in [0.25, 0.3) is 5.56 Å². The molecule has 34 heavy (non-hydrogen) atoms. The summed E-state index contributed by atoms with van der Waals surface area (Å²) in [5, 5.41) is 18.0. The molecule has 0 bridgehead atoms. The summed E-state index contributed by atoms with van der Waals surface area (Å²) in [7, 11) is 1.61. The topological polar surface area (TPSA) is 135 Å². The van der Waals surface area contributed by atoms with E-state index in [0.717, 1.165) is 16.7 Å². The van der Waals surface area contributed by atoms with Crippen molar-refractivity contribution in [2.45, 2.75) is 25.7 Å². The molecule has 4 aromatic rings. The van der Waals surface area contributed by atoms with Crippen molar-refractivity contribution in [3.05, 3.63) is 64.8 Å². The second-order valence-corrected chi connectivity index (χ2v) is 7.87. The summed E-state index contributed by atoms with van der Waals surface area (Å²) < 4.78 is 10.5. The van der Waals surface area contributed by atoms with Crippen LogP contribution in [0.5, 0.6) is 5.75 Å². The number of benzene rings is 2. The average molecular weight is 463 g/mol. The van der Waals surface area contributed by atoms with Gasteiger partial charge in [0.2, 0.25) is 17.6 Å². The number of aromatic amines is 1. The van der Waals surface area contributed by atoms with E-state index in [4.69, 9.17) is 9.26 Å². The van der Waals surface area contributed by atoms with Crippen molar-refractivity contribution in [2.75, 3.05) is 25.5 Å². The van der Waals surface area contributed by atoms with Crippen molar-refractivity contribution >= 4 is 22.5 Å². The van der Waals surface area contributed by atoms with Crippen LogP contribution in [0.4, 0.5) is 5.82 Å². The van der Waals surface area contributed by atoms with Crippen LogP contribution in [0.2, 0.25) is 0 Å². The number of nitrogens with zero attached hydrogens (tertiary/aromatic N) is 3. The van der Waals surface area contributed by atoms with E-state index >= 15 is 0 Å². The van der Waals surface area contributed by atoms with Gasteiger partial charge in [-0.25, -0.2) is 5.10 Å². The Morgan fingerprint density at radius 3 is 2.65 bits per heavy atom. The van der Waals surface area contributed by atoms with Crippen LogP contribution in [-0.4, -0.2) is 46.4 Å². The van der Waals surface area contributed by atoms with Crippen molar-refractivity contribution in [3.8, 4) is 17.1 Å². The second kappa shape index (κ2) is 10.6. The summed E-state index contributed by atoms with van der Waals surface area (Å²) in [5.41, 5.74) is 0.588. The molecular weight excluding hydrogens is 436 g/mol. The van der Waals surface area contributed by atoms with Gasteiger partial charge in [0.05, 0.1) is 12.5 Å². The molecule has 2 heterocycles. The Balaban J connectivity index is 1.22. The lowest BCUT2D eigenvalue weighted by molar-refractivity contribution is -0.121. The Kier molecular flexibility index (Phi) is 7.16. The number of ether oxygens (including phenoxy) is 1. The SMILES string of the molecule is COc1ccc(-c2noc(C(C)CC(=O)NCCCNc3n[nH]c(=O)c4ccccc34)n2)cc1. The summed E-state index contributed by atoms with van der Waals surface area (Å²) in [4.78, 5) is 28.6. The lowest BCUT2D eigenvalue weighted by Crippen LogP contribution is -2.27. The van der Waals surface area contributed by atoms with Gasteiger partial charge in [0, 0.05) is 36.4 Å². The molecule has 0 saturated heterocycles. The Morgan fingerprint density at radius 1 is 1.12 bits per heavy atom. The van der Waals surface area contributed by atoms with E-state index in [2.05, 4.69) is 31.0 Å². The molecule has 3 N–H and O–H groups in total. The minimum absolute atomic E-state index is 0.0932. The van der Waals surface area contributed by atoms with E-state index < -0.39 is 0 Å². The molecule has 0 aliphatic rings. The third kappa shape index (κ3) is 5.40. The fourth-order valence-electron chi connectivity index (χ4n) is 3.50. The van der Waals surface area contributed by atoms with Crippen LogP contribution in [0.1, 0.15) is 31.6 Å². The quantitative estimate of drug-likeness (QED) is 0.306. The number of amides is 1. The third-order valence-corrected chi connectivity index (χ3v) is 5.37. The number of rotatable bonds is 10. The standard InChI is InChI=1S/C24H26N6O4/c1-15(24-27-21(30-34-24)16-8-10-17(33-2)11-9-16)14-20(31)25-12-5-13-26-22-18-6-3-4-7-19(18)23(32)29-28-22/h3-4,6-11,15H,5,12-14H2,1-2H3,(H,25,31)(H,26,28)(H,29,32). The van der Waals surface area contributed by atoms with Gasteiger partial charge in [-0.1, -0.05) is 30.3 Å². The lowest BCUT2D eigenvalue weighted by atomic mass is 10.1. The Bertz CT molecular complexity index is 1320. The highest BCUT2D eigenvalue weighted by atomic mass is 16.5. The first-order chi connectivity index (χ1) is 16.5. The lowest BCUT2D eigenvalue weighted by Gasteiger charge is -2.10. The van der Waals surface area contributed by atoms with Gasteiger partial charge in [-0.05, 0) is 36.8 Å². The average Bonchev–Trinajstić information content (AvgIpc) is 3.36. The molecule has 10 nitrogen and oxygen atoms in total. The second-order valence-electron chi connectivity index (χ2n) is 7.87. The summed E-state index contributed by atoms with van der Waals surface area (Å²) in [5.74, 6) is 1.94. The van der Waals surface area contributed by atoms with E-state index in [1.807, 2.05) is 49.4 Å². The number of nitrogens with one attached hydrogen (secondary N) is 3. The number of carbonyl (C=O) groups is 1. The van der Waals surface area contributed by atoms with Crippen molar-refractivity contribution in [3.63, 3.8) is 0 Å². The van der Waals surface area contributed by atoms with Crippen LogP contribution >= 0.6 is 0 Å². The van der Waals surface area contributed by atoms with Crippen LogP contribution in [0.15, 0.2) is 57.8 Å². The minimum atomic E-state index is -0.222. The Hall–Kier alpha value is -4.21. The minimum Gasteiger partial charge on any atom is -0.497 e. The number of methoxy groups -OCH3 is 1. The van der Waals surface area contributed by atoms with Gasteiger partial charge < -0.3 is 19.9 Å². The van der Waals surface area contributed by atoms with E-state index in [1.54, 1.807) is 13.2 Å². The number of anilines is 1. The van der Waals surface area contributed by atoms with Crippen LogP contribution in [0.3, 0.4) is 0 Å². The Morgan fingerprint density at radius 2 is 1.88 bits per heavy atom. The monoisotopic (exact) mass is 462 g/mol. The number of H-pyrrole nitrogens is 1. The molecular formula is C24H26N6O4. The molecule has 10 heteroatoms. The van der Waals surface area contributed by atoms with Gasteiger partial charge in [0.15, 0.2) is 5.82 Å². The predicted octanol–water partition coefficient (Wildman–Crippen LogP) is 3.09. The fourth-order valence-corrected chi connectivity index (χ4v) is 3.50. The van der Waals surface area contributed by atoms with Gasteiger partial charge in [-0.3, -0.25) is 9.59 Å². The molecule has 0 aliphatic heterocycles. The van der Waals surface area contributed by atoms with Crippen molar-refractivity contribution in [1.29, 1.82) is 0 Å². The van der Waals surface area contributed by atoms with Gasteiger partial charge in [-0.2, -0.15) is 10.1 Å². The van der Waals surface area contributed by atoms with Crippen LogP contribution in [0, 0.1) is 0 Å². The van der Waals surface area contributed by atoms with Crippen LogP contribution in [-0.2, 0) is 4.79 Å². The molecule has 2 aromatic carbocycles. The number of aromatic nitrogens is 4. The zero-order chi connectivity index (χ0) is 23.9. The number of fused-ring (bicyclic) bond motifs is 1. The Labute approximate surface area is 195 Å². The zero-order valence-corrected chi connectivity index (χ0v) is 19.0. The van der Waals surface area contributed by atoms with Gasteiger partial charge in [-0.15, -0.1) is 0 Å². The van der Waals surface area contributed by atoms with Crippen molar-refractivity contribution < 1.29 is 14.1 Å². The normalized spacial score (nSPS) is 11.8. The molecule has 0 aliphatic carbocycles. The summed E-state index contributed by atoms with van der Waals surface area (Å²) in [6.07, 6.45) is 0.932. The largest absolute Gasteiger partial charge is 0.497 e. The van der Waals surface area contributed by atoms with E-state index in [-0.39, 0.29) is 23.8 Å². The summed E-state index contributed by atoms with van der Waals surface area (Å²) in [6, 6.07) is 14.6. The van der Waals surface area contributed by atoms with E-state index in [9.17, 15) is 9.59 Å². The molecule has 1 atom stereocenters. The fraction of sp³-hybridized carbons (Fsp3) is 0.292. The first kappa shape index (κ1) is 23.0. The van der Waals surface area contributed by atoms with E-state index in [0.29, 0.717) is 42.4 Å². The van der Waals surface area contributed by atoms with Crippen molar-refractivity contribution in [2.24, 2.45) is 0 Å². The first-order valence-electron chi connectivity index (χ1n) is 11.0. The number of carbonyl (C=O) groups excluding carboxylic acids is 1.